The molecule has 0 spiro atoms. The molecule has 1 aromatic rings. The van der Waals surface area contributed by atoms with Gasteiger partial charge in [-0.1, -0.05) is 0 Å². The van der Waals surface area contributed by atoms with Crippen molar-refractivity contribution in [2.24, 2.45) is 0 Å². The van der Waals surface area contributed by atoms with Crippen LogP contribution >= 0.6 is 0 Å². The van der Waals surface area contributed by atoms with Gasteiger partial charge in [-0.3, -0.25) is 0 Å². The van der Waals surface area contributed by atoms with Crippen LogP contribution in [0.5, 0.6) is 0 Å². The van der Waals surface area contributed by atoms with Crippen molar-refractivity contribution in [3.8, 4) is 0 Å². The number of hydrogen-bond acceptors (Lipinski definition) is 1. The second-order valence-corrected chi connectivity index (χ2v) is 2.61. The fraction of sp³-hybridized carbons (Fsp3) is 0. The minimum absolute atomic E-state index is 0.00926. The first-order valence-electron chi connectivity index (χ1n) is 1.76. The van der Waals surface area contributed by atoms with Gasteiger partial charge in [0.15, 0.2) is 0 Å². The number of aromatic nitrogens is 2. The molecule has 1 rings (SSSR count). The van der Waals surface area contributed by atoms with Crippen LogP contribution in [0.1, 0.15) is 0 Å². The van der Waals surface area contributed by atoms with E-state index in [2.05, 4.69) is 5.10 Å². The predicted octanol–water partition coefficient (Wildman–Crippen LogP) is -0.138. The van der Waals surface area contributed by atoms with Gasteiger partial charge < -0.3 is 0 Å². The van der Waals surface area contributed by atoms with Gasteiger partial charge in [-0.05, 0) is 0 Å². The number of nitrogens with one attached hydrogen (secondary N) is 1. The van der Waals surface area contributed by atoms with Crippen molar-refractivity contribution in [2.45, 2.75) is 0 Å². The molecule has 5 heteroatoms. The van der Waals surface area contributed by atoms with Gasteiger partial charge in [0.05, 0.1) is 0 Å². The molecule has 1 aromatic heterocycles. The second-order valence-electron chi connectivity index (χ2n) is 1.14. The molecule has 0 saturated heterocycles. The molecule has 0 unspecified atom stereocenters. The second kappa shape index (κ2) is 2.05. The molecule has 0 saturated carbocycles. The molecule has 0 aliphatic heterocycles. The summed E-state index contributed by atoms with van der Waals surface area (Å²) in [4.78, 5) is 0. The number of nitrogens with zero attached hydrogens (tertiary/aromatic N) is 1. The molecule has 8 heavy (non-hydrogen) atoms. The predicted molar refractivity (Wildman–Crippen MR) is 18.1 cm³/mol. The van der Waals surface area contributed by atoms with Gasteiger partial charge in [-0.15, -0.1) is 0 Å². The Morgan fingerprint density at radius 3 is 2.25 bits per heavy atom. The molecular weight excluding hydrogens is 312 g/mol. The molecule has 1 heterocycles. The molecule has 0 fully saturated rings. The first-order chi connectivity index (χ1) is 3.72. The summed E-state index contributed by atoms with van der Waals surface area (Å²) in [5.74, 6) is -1.43. The zero-order valence-corrected chi connectivity index (χ0v) is 6.52. The summed E-state index contributed by atoms with van der Waals surface area (Å²) in [5.41, 5.74) is 0. The van der Waals surface area contributed by atoms with Crippen molar-refractivity contribution in [1.29, 1.82) is 0 Å². The quantitative estimate of drug-likeness (QED) is 0.710. The molecule has 0 amide bonds. The summed E-state index contributed by atoms with van der Waals surface area (Å²) in [6.45, 7) is 0. The fourth-order valence-corrected chi connectivity index (χ4v) is 0.615. The van der Waals surface area contributed by atoms with Crippen molar-refractivity contribution in [2.75, 3.05) is 0 Å². The Balaban J connectivity index is 3.19. The summed E-state index contributed by atoms with van der Waals surface area (Å²) in [6, 6.07) is 0. The van der Waals surface area contributed by atoms with E-state index in [4.69, 9.17) is 0 Å². The molecule has 0 aromatic carbocycles. The number of H-pyrrole nitrogens is 1. The van der Waals surface area contributed by atoms with E-state index in [9.17, 15) is 8.78 Å². The number of aromatic amines is 1. The minimum atomic E-state index is -0.751. The molecular formula is C3HAtF2N2. The van der Waals surface area contributed by atoms with Gasteiger partial charge in [0.2, 0.25) is 0 Å². The average molecular weight is 313 g/mol. The van der Waals surface area contributed by atoms with Crippen molar-refractivity contribution in [3.05, 3.63) is 11.9 Å². The van der Waals surface area contributed by atoms with Crippen LogP contribution < -0.4 is 3.27 Å². The van der Waals surface area contributed by atoms with E-state index in [0.717, 1.165) is 24.7 Å². The summed E-state index contributed by atoms with van der Waals surface area (Å²) >= 11 is 0.931. The normalized spacial score (nSPS) is 9.88. The van der Waals surface area contributed by atoms with Crippen molar-refractivity contribution < 1.29 is 33.5 Å². The number of rotatable bonds is 0. The Morgan fingerprint density at radius 2 is 2.12 bits per heavy atom. The maximum absolute atomic E-state index is 12.0. The van der Waals surface area contributed by atoms with E-state index in [1.54, 1.807) is 0 Å². The Morgan fingerprint density at radius 1 is 1.50 bits per heavy atom. The topological polar surface area (TPSA) is 28.7 Å². The van der Waals surface area contributed by atoms with Gasteiger partial charge >= 0.3 is 58.9 Å². The third-order valence-electron chi connectivity index (χ3n) is 0.626. The molecule has 1 N–H and O–H groups in total. The van der Waals surface area contributed by atoms with Crippen LogP contribution in [-0.4, -0.2) is 10.2 Å². The first kappa shape index (κ1) is 6.08. The molecule has 2 nitrogen and oxygen atoms in total. The van der Waals surface area contributed by atoms with Crippen molar-refractivity contribution >= 4 is 3.27 Å². The van der Waals surface area contributed by atoms with Crippen molar-refractivity contribution in [3.63, 3.8) is 0 Å². The van der Waals surface area contributed by atoms with Crippen LogP contribution in [0.15, 0.2) is 0 Å². The van der Waals surface area contributed by atoms with Crippen LogP contribution in [0.3, 0.4) is 0 Å². The van der Waals surface area contributed by atoms with Crippen LogP contribution in [0.4, 0.5) is 8.78 Å². The first-order valence-corrected chi connectivity index (χ1v) is 3.23. The van der Waals surface area contributed by atoms with Gasteiger partial charge in [-0.2, -0.15) is 0 Å². The summed E-state index contributed by atoms with van der Waals surface area (Å²) < 4.78 is 24.0. The standard InChI is InChI=1S/C3HAtF2N2/c4-1-2(5)7-8-3(1)6/h(H,7,8). The average Bonchev–Trinajstić information content (AvgIpc) is 1.98. The number of hydrogen-bond donors (Lipinski definition) is 1. The van der Waals surface area contributed by atoms with Crippen molar-refractivity contribution in [1.82, 2.24) is 10.2 Å². The Hall–Kier alpha value is -0.0469. The number of halogens is 2. The van der Waals surface area contributed by atoms with Gasteiger partial charge in [0.25, 0.3) is 0 Å². The third kappa shape index (κ3) is 0.870. The van der Waals surface area contributed by atoms with Crippen LogP contribution in [0.25, 0.3) is 0 Å². The molecule has 44 valence electrons. The van der Waals surface area contributed by atoms with Gasteiger partial charge in [0, 0.05) is 0 Å². The van der Waals surface area contributed by atoms with E-state index < -0.39 is 11.9 Å². The molecule has 0 radical (unpaired) electrons. The van der Waals surface area contributed by atoms with Crippen LogP contribution in [0, 0.1) is 36.6 Å². The summed E-state index contributed by atoms with van der Waals surface area (Å²) in [5, 5.41) is 4.82. The molecule has 0 atom stereocenters. The van der Waals surface area contributed by atoms with Gasteiger partial charge in [0.1, 0.15) is 0 Å². The van der Waals surface area contributed by atoms with E-state index in [-0.39, 0.29) is 3.27 Å². The SMILES string of the molecule is Fc1n[nH]c(F)c1[At]. The van der Waals surface area contributed by atoms with E-state index in [0.29, 0.717) is 0 Å². The molecule has 0 bridgehead atoms. The Labute approximate surface area is 59.1 Å². The Kier molecular flexibility index (Phi) is 1.56. The maximum atomic E-state index is 12.0. The van der Waals surface area contributed by atoms with E-state index in [1.807, 2.05) is 5.10 Å². The fourth-order valence-electron chi connectivity index (χ4n) is 0.287. The van der Waals surface area contributed by atoms with Crippen LogP contribution in [0.2, 0.25) is 0 Å². The van der Waals surface area contributed by atoms with Gasteiger partial charge in [-0.25, -0.2) is 0 Å². The summed E-state index contributed by atoms with van der Waals surface area (Å²) in [7, 11) is 0. The van der Waals surface area contributed by atoms with E-state index >= 15 is 0 Å². The Bertz CT molecular complexity index is 178. The van der Waals surface area contributed by atoms with E-state index in [1.165, 1.54) is 0 Å². The zero-order chi connectivity index (χ0) is 6.15. The monoisotopic (exact) mass is 313 g/mol. The molecule has 0 aliphatic carbocycles. The summed E-state index contributed by atoms with van der Waals surface area (Å²) in [6.07, 6.45) is 0. The zero-order valence-electron chi connectivity index (χ0n) is 3.58. The third-order valence-corrected chi connectivity index (χ3v) is 1.88. The van der Waals surface area contributed by atoms with Crippen LogP contribution in [-0.2, 0) is 0 Å². The molecule has 0 aliphatic rings.